The van der Waals surface area contributed by atoms with Gasteiger partial charge in [0, 0.05) is 10.5 Å². The number of H-pyrrole nitrogens is 1. The van der Waals surface area contributed by atoms with Crippen LogP contribution in [0.4, 0.5) is 11.5 Å². The molecule has 0 aliphatic heterocycles. The van der Waals surface area contributed by atoms with Gasteiger partial charge in [-0.3, -0.25) is 9.89 Å². The fourth-order valence-electron chi connectivity index (χ4n) is 1.32. The number of thioether (sulfide) groups is 1. The van der Waals surface area contributed by atoms with Gasteiger partial charge in [-0.05, 0) is 30.5 Å². The number of nitrogens with two attached hydrogens (primary N) is 1. The Morgan fingerprint density at radius 1 is 1.41 bits per heavy atom. The van der Waals surface area contributed by atoms with Gasteiger partial charge in [-0.2, -0.15) is 5.10 Å². The van der Waals surface area contributed by atoms with Gasteiger partial charge in [-0.15, -0.1) is 11.8 Å². The van der Waals surface area contributed by atoms with Crippen LogP contribution in [0.3, 0.4) is 0 Å². The number of aromatic nitrogens is 2. The molecule has 1 aromatic heterocycles. The van der Waals surface area contributed by atoms with E-state index in [0.717, 1.165) is 4.90 Å². The summed E-state index contributed by atoms with van der Waals surface area (Å²) in [5.74, 6) is 0.206. The molecular weight excluding hydrogens is 236 g/mol. The van der Waals surface area contributed by atoms with E-state index in [2.05, 4.69) is 15.5 Å². The summed E-state index contributed by atoms with van der Waals surface area (Å²) < 4.78 is 0. The van der Waals surface area contributed by atoms with Crippen LogP contribution in [0.5, 0.6) is 0 Å². The number of benzene rings is 1. The zero-order valence-electron chi connectivity index (χ0n) is 9.23. The van der Waals surface area contributed by atoms with Gasteiger partial charge in [-0.25, -0.2) is 0 Å². The molecule has 0 bridgehead atoms. The fourth-order valence-corrected chi connectivity index (χ4v) is 1.73. The molecular formula is C11H12N4OS. The van der Waals surface area contributed by atoms with Crippen molar-refractivity contribution in [2.45, 2.75) is 4.90 Å². The Balaban J connectivity index is 2.12. The van der Waals surface area contributed by atoms with Gasteiger partial charge < -0.3 is 11.1 Å². The van der Waals surface area contributed by atoms with Crippen LogP contribution in [-0.2, 0) is 0 Å². The van der Waals surface area contributed by atoms with E-state index in [1.807, 2.05) is 18.4 Å². The van der Waals surface area contributed by atoms with E-state index in [-0.39, 0.29) is 5.91 Å². The molecule has 1 aromatic carbocycles. The number of carbonyl (C=O) groups excluding carboxylic acids is 1. The van der Waals surface area contributed by atoms with Crippen LogP contribution in [0.25, 0.3) is 0 Å². The van der Waals surface area contributed by atoms with Gasteiger partial charge in [0.15, 0.2) is 5.82 Å². The summed E-state index contributed by atoms with van der Waals surface area (Å²) >= 11 is 1.63. The lowest BCUT2D eigenvalue weighted by atomic mass is 10.2. The van der Waals surface area contributed by atoms with Crippen molar-refractivity contribution in [2.24, 2.45) is 0 Å². The lowest BCUT2D eigenvalue weighted by Crippen LogP contribution is -2.13. The highest BCUT2D eigenvalue weighted by molar-refractivity contribution is 7.98. The number of nitrogens with zero attached hydrogens (tertiary/aromatic N) is 1. The van der Waals surface area contributed by atoms with Gasteiger partial charge >= 0.3 is 0 Å². The summed E-state index contributed by atoms with van der Waals surface area (Å²) in [5.41, 5.74) is 6.60. The molecule has 0 saturated heterocycles. The average molecular weight is 248 g/mol. The van der Waals surface area contributed by atoms with Crippen LogP contribution in [0.2, 0.25) is 0 Å². The van der Waals surface area contributed by atoms with Crippen molar-refractivity contribution in [1.82, 2.24) is 10.2 Å². The third-order valence-electron chi connectivity index (χ3n) is 2.26. The number of nitrogen functional groups attached to an aromatic ring is 1. The molecule has 0 atom stereocenters. The van der Waals surface area contributed by atoms with Gasteiger partial charge in [-0.1, -0.05) is 0 Å². The molecule has 0 aliphatic carbocycles. The Morgan fingerprint density at radius 3 is 2.65 bits per heavy atom. The quantitative estimate of drug-likeness (QED) is 0.725. The molecule has 2 rings (SSSR count). The number of anilines is 2. The Morgan fingerprint density at radius 2 is 2.12 bits per heavy atom. The summed E-state index contributed by atoms with van der Waals surface area (Å²) in [7, 11) is 0. The predicted octanol–water partition coefficient (Wildman–Crippen LogP) is 1.97. The number of aromatic amines is 1. The summed E-state index contributed by atoms with van der Waals surface area (Å²) in [6, 6.07) is 7.34. The maximum absolute atomic E-state index is 11.8. The second kappa shape index (κ2) is 4.92. The monoisotopic (exact) mass is 248 g/mol. The van der Waals surface area contributed by atoms with E-state index >= 15 is 0 Å². The van der Waals surface area contributed by atoms with E-state index in [9.17, 15) is 4.79 Å². The number of amides is 1. The normalized spacial score (nSPS) is 10.2. The van der Waals surface area contributed by atoms with E-state index in [4.69, 9.17) is 5.73 Å². The molecule has 0 radical (unpaired) electrons. The summed E-state index contributed by atoms with van der Waals surface area (Å²) in [4.78, 5) is 13.0. The Bertz CT molecular complexity index is 521. The third-order valence-corrected chi connectivity index (χ3v) is 3.00. The Kier molecular flexibility index (Phi) is 3.34. The maximum Gasteiger partial charge on any atom is 0.256 e. The lowest BCUT2D eigenvalue weighted by Gasteiger charge is -2.04. The van der Waals surface area contributed by atoms with Crippen LogP contribution < -0.4 is 11.1 Å². The van der Waals surface area contributed by atoms with Gasteiger partial charge in [0.05, 0.1) is 11.9 Å². The highest BCUT2D eigenvalue weighted by atomic mass is 32.2. The van der Waals surface area contributed by atoms with E-state index in [1.54, 1.807) is 23.9 Å². The van der Waals surface area contributed by atoms with Crippen molar-refractivity contribution in [3.8, 4) is 0 Å². The zero-order chi connectivity index (χ0) is 12.3. The molecule has 17 heavy (non-hydrogen) atoms. The zero-order valence-corrected chi connectivity index (χ0v) is 10.0. The van der Waals surface area contributed by atoms with Crippen molar-refractivity contribution in [3.63, 3.8) is 0 Å². The van der Waals surface area contributed by atoms with E-state index in [1.165, 1.54) is 6.20 Å². The van der Waals surface area contributed by atoms with Crippen LogP contribution in [0.15, 0.2) is 35.4 Å². The highest BCUT2D eigenvalue weighted by Crippen LogP contribution is 2.17. The van der Waals surface area contributed by atoms with Gasteiger partial charge in [0.2, 0.25) is 0 Å². The van der Waals surface area contributed by atoms with Crippen LogP contribution in [0.1, 0.15) is 10.4 Å². The highest BCUT2D eigenvalue weighted by Gasteiger charge is 2.08. The molecule has 1 amide bonds. The van der Waals surface area contributed by atoms with Crippen LogP contribution >= 0.6 is 11.8 Å². The SMILES string of the molecule is CSc1ccc(C(=O)Nc2[nH]ncc2N)cc1. The van der Waals surface area contributed by atoms with Crippen LogP contribution in [0, 0.1) is 0 Å². The van der Waals surface area contributed by atoms with Crippen molar-refractivity contribution < 1.29 is 4.79 Å². The lowest BCUT2D eigenvalue weighted by molar-refractivity contribution is 0.102. The smallest absolute Gasteiger partial charge is 0.256 e. The van der Waals surface area contributed by atoms with E-state index in [0.29, 0.717) is 17.1 Å². The molecule has 4 N–H and O–H groups in total. The third kappa shape index (κ3) is 2.59. The maximum atomic E-state index is 11.8. The van der Waals surface area contributed by atoms with Crippen molar-refractivity contribution in [3.05, 3.63) is 36.0 Å². The minimum atomic E-state index is -0.214. The number of carbonyl (C=O) groups is 1. The first-order valence-corrected chi connectivity index (χ1v) is 6.17. The molecule has 2 aromatic rings. The molecule has 0 unspecified atom stereocenters. The van der Waals surface area contributed by atoms with E-state index < -0.39 is 0 Å². The summed E-state index contributed by atoms with van der Waals surface area (Å²) in [6.07, 6.45) is 3.44. The van der Waals surface area contributed by atoms with Crippen molar-refractivity contribution >= 4 is 29.2 Å². The predicted molar refractivity (Wildman–Crippen MR) is 69.2 cm³/mol. The molecule has 0 saturated carbocycles. The van der Waals surface area contributed by atoms with Crippen LogP contribution in [-0.4, -0.2) is 22.4 Å². The number of nitrogens with one attached hydrogen (secondary N) is 2. The van der Waals surface area contributed by atoms with Gasteiger partial charge in [0.1, 0.15) is 0 Å². The Labute approximate surface area is 103 Å². The molecule has 0 spiro atoms. The number of hydrogen-bond acceptors (Lipinski definition) is 4. The minimum absolute atomic E-state index is 0.214. The first kappa shape index (κ1) is 11.5. The van der Waals surface area contributed by atoms with Crippen molar-refractivity contribution in [1.29, 1.82) is 0 Å². The molecule has 1 heterocycles. The first-order chi connectivity index (χ1) is 8.20. The summed E-state index contributed by atoms with van der Waals surface area (Å²) in [5, 5.41) is 9.00. The number of hydrogen-bond donors (Lipinski definition) is 3. The second-order valence-corrected chi connectivity index (χ2v) is 4.26. The topological polar surface area (TPSA) is 83.8 Å². The molecule has 5 nitrogen and oxygen atoms in total. The minimum Gasteiger partial charge on any atom is -0.394 e. The Hall–Kier alpha value is -1.95. The average Bonchev–Trinajstić information content (AvgIpc) is 2.75. The number of rotatable bonds is 3. The molecule has 0 fully saturated rings. The van der Waals surface area contributed by atoms with Crippen molar-refractivity contribution in [2.75, 3.05) is 17.3 Å². The fraction of sp³-hybridized carbons (Fsp3) is 0.0909. The first-order valence-electron chi connectivity index (χ1n) is 4.95. The largest absolute Gasteiger partial charge is 0.394 e. The van der Waals surface area contributed by atoms with Gasteiger partial charge in [0.25, 0.3) is 5.91 Å². The summed E-state index contributed by atoms with van der Waals surface area (Å²) in [6.45, 7) is 0. The molecule has 0 aliphatic rings. The molecule has 6 heteroatoms. The standard InChI is InChI=1S/C11H12N4OS/c1-17-8-4-2-7(3-5-8)11(16)14-10-9(12)6-13-15-10/h2-6H,12H2,1H3,(H2,13,14,15,16). The molecule has 88 valence electrons. The second-order valence-electron chi connectivity index (χ2n) is 3.38.